The smallest absolute Gasteiger partial charge is 0.353 e. The van der Waals surface area contributed by atoms with Gasteiger partial charge in [-0.05, 0) is 0 Å². The number of amides is 1. The third kappa shape index (κ3) is 7.97. The first-order chi connectivity index (χ1) is 5.45. The average molecular weight is 218 g/mol. The van der Waals surface area contributed by atoms with Gasteiger partial charge in [0.2, 0.25) is 5.91 Å². The molecular weight excluding hydrogens is 208 g/mol. The number of phosphoric acid groups is 1. The Bertz CT molecular complexity index is 192. The SMILES string of the molecule is O=C(CCl)NCCOP(=O)(O)O. The zero-order valence-electron chi connectivity index (χ0n) is 6.07. The van der Waals surface area contributed by atoms with Crippen LogP contribution in [0.25, 0.3) is 0 Å². The molecule has 0 spiro atoms. The van der Waals surface area contributed by atoms with Gasteiger partial charge in [-0.1, -0.05) is 0 Å². The van der Waals surface area contributed by atoms with Gasteiger partial charge in [-0.15, -0.1) is 11.6 Å². The third-order valence-electron chi connectivity index (χ3n) is 0.805. The van der Waals surface area contributed by atoms with Crippen molar-refractivity contribution in [2.75, 3.05) is 19.0 Å². The Labute approximate surface area is 74.1 Å². The van der Waals surface area contributed by atoms with E-state index in [0.29, 0.717) is 0 Å². The van der Waals surface area contributed by atoms with Gasteiger partial charge in [0.15, 0.2) is 0 Å². The van der Waals surface area contributed by atoms with E-state index < -0.39 is 13.7 Å². The largest absolute Gasteiger partial charge is 0.469 e. The molecule has 0 fully saturated rings. The first-order valence-corrected chi connectivity index (χ1v) is 5.05. The number of alkyl halides is 1. The van der Waals surface area contributed by atoms with Gasteiger partial charge in [-0.2, -0.15) is 0 Å². The summed E-state index contributed by atoms with van der Waals surface area (Å²) in [6.07, 6.45) is 0. The highest BCUT2D eigenvalue weighted by Gasteiger charge is 2.12. The summed E-state index contributed by atoms with van der Waals surface area (Å²) in [5.74, 6) is -0.596. The summed E-state index contributed by atoms with van der Waals surface area (Å²) in [5, 5.41) is 2.27. The summed E-state index contributed by atoms with van der Waals surface area (Å²) in [7, 11) is -4.42. The summed E-state index contributed by atoms with van der Waals surface area (Å²) in [6, 6.07) is 0. The predicted octanol–water partition coefficient (Wildman–Crippen LogP) is -0.549. The van der Waals surface area contributed by atoms with Crippen molar-refractivity contribution in [3.8, 4) is 0 Å². The molecule has 0 aromatic rings. The normalized spacial score (nSPS) is 11.2. The number of hydrogen-bond acceptors (Lipinski definition) is 3. The van der Waals surface area contributed by atoms with Crippen molar-refractivity contribution in [3.05, 3.63) is 0 Å². The van der Waals surface area contributed by atoms with Crippen molar-refractivity contribution in [3.63, 3.8) is 0 Å². The Morgan fingerprint density at radius 2 is 2.17 bits per heavy atom. The fourth-order valence-corrected chi connectivity index (χ4v) is 0.826. The summed E-state index contributed by atoms with van der Waals surface area (Å²) >= 11 is 5.11. The van der Waals surface area contributed by atoms with Crippen LogP contribution in [0.3, 0.4) is 0 Å². The van der Waals surface area contributed by atoms with Crippen LogP contribution in [-0.4, -0.2) is 34.7 Å². The van der Waals surface area contributed by atoms with E-state index in [0.717, 1.165) is 0 Å². The van der Waals surface area contributed by atoms with Gasteiger partial charge >= 0.3 is 7.82 Å². The summed E-state index contributed by atoms with van der Waals surface area (Å²) in [4.78, 5) is 26.8. The minimum atomic E-state index is -4.42. The number of carbonyl (C=O) groups is 1. The molecule has 72 valence electrons. The van der Waals surface area contributed by atoms with E-state index in [4.69, 9.17) is 21.4 Å². The van der Waals surface area contributed by atoms with Crippen LogP contribution in [0.2, 0.25) is 0 Å². The molecule has 0 saturated heterocycles. The van der Waals surface area contributed by atoms with Crippen LogP contribution in [0.15, 0.2) is 0 Å². The number of nitrogens with one attached hydrogen (secondary N) is 1. The standard InChI is InChI=1S/C4H9ClNO5P/c5-3-4(7)6-1-2-11-12(8,9)10/h1-3H2,(H,6,7)(H2,8,9,10). The van der Waals surface area contributed by atoms with Crippen LogP contribution in [0.1, 0.15) is 0 Å². The molecule has 3 N–H and O–H groups in total. The maximum atomic E-state index is 10.4. The minimum absolute atomic E-state index is 0.0245. The molecule has 0 aliphatic heterocycles. The first kappa shape index (κ1) is 11.9. The third-order valence-corrected chi connectivity index (χ3v) is 1.57. The Kier molecular flexibility index (Phi) is 5.44. The monoisotopic (exact) mass is 217 g/mol. The van der Waals surface area contributed by atoms with Crippen LogP contribution in [0, 0.1) is 0 Å². The zero-order valence-corrected chi connectivity index (χ0v) is 7.72. The quantitative estimate of drug-likeness (QED) is 0.326. The van der Waals surface area contributed by atoms with Crippen molar-refractivity contribution in [1.82, 2.24) is 5.32 Å². The van der Waals surface area contributed by atoms with Crippen molar-refractivity contribution < 1.29 is 23.7 Å². The molecule has 6 nitrogen and oxygen atoms in total. The molecule has 12 heavy (non-hydrogen) atoms. The molecular formula is C4H9ClNO5P. The van der Waals surface area contributed by atoms with Gasteiger partial charge < -0.3 is 15.1 Å². The maximum Gasteiger partial charge on any atom is 0.469 e. The Balaban J connectivity index is 3.34. The fraction of sp³-hybridized carbons (Fsp3) is 0.750. The highest BCUT2D eigenvalue weighted by atomic mass is 35.5. The molecule has 0 bridgehead atoms. The fourth-order valence-electron chi connectivity index (χ4n) is 0.402. The molecule has 0 heterocycles. The van der Waals surface area contributed by atoms with Gasteiger partial charge in [-0.25, -0.2) is 4.57 Å². The lowest BCUT2D eigenvalue weighted by molar-refractivity contribution is -0.118. The van der Waals surface area contributed by atoms with Gasteiger partial charge in [0.1, 0.15) is 5.88 Å². The maximum absolute atomic E-state index is 10.4. The van der Waals surface area contributed by atoms with E-state index in [9.17, 15) is 9.36 Å². The zero-order chi connectivity index (χ0) is 9.61. The van der Waals surface area contributed by atoms with E-state index in [2.05, 4.69) is 9.84 Å². The molecule has 0 aliphatic rings. The van der Waals surface area contributed by atoms with E-state index in [-0.39, 0.29) is 19.0 Å². The molecule has 0 radical (unpaired) electrons. The predicted molar refractivity (Wildman–Crippen MR) is 41.7 cm³/mol. The highest BCUT2D eigenvalue weighted by molar-refractivity contribution is 7.46. The highest BCUT2D eigenvalue weighted by Crippen LogP contribution is 2.34. The molecule has 8 heteroatoms. The Morgan fingerprint density at radius 1 is 1.58 bits per heavy atom. The minimum Gasteiger partial charge on any atom is -0.353 e. The second-order valence-corrected chi connectivity index (χ2v) is 3.31. The van der Waals surface area contributed by atoms with E-state index >= 15 is 0 Å². The van der Waals surface area contributed by atoms with Gasteiger partial charge in [-0.3, -0.25) is 9.32 Å². The Morgan fingerprint density at radius 3 is 2.58 bits per heavy atom. The molecule has 0 aliphatic carbocycles. The van der Waals surface area contributed by atoms with Gasteiger partial charge in [0, 0.05) is 6.54 Å². The topological polar surface area (TPSA) is 95.9 Å². The van der Waals surface area contributed by atoms with Gasteiger partial charge in [0.25, 0.3) is 0 Å². The lowest BCUT2D eigenvalue weighted by atomic mass is 10.6. The summed E-state index contributed by atoms with van der Waals surface area (Å²) < 4.78 is 14.1. The first-order valence-electron chi connectivity index (χ1n) is 2.98. The molecule has 0 rings (SSSR count). The van der Waals surface area contributed by atoms with Crippen molar-refractivity contribution in [1.29, 1.82) is 0 Å². The number of rotatable bonds is 5. The van der Waals surface area contributed by atoms with Crippen molar-refractivity contribution in [2.24, 2.45) is 0 Å². The molecule has 0 saturated carbocycles. The van der Waals surface area contributed by atoms with E-state index in [1.165, 1.54) is 0 Å². The van der Waals surface area contributed by atoms with Crippen molar-refractivity contribution in [2.45, 2.75) is 0 Å². The molecule has 1 amide bonds. The van der Waals surface area contributed by atoms with Crippen LogP contribution in [-0.2, 0) is 13.9 Å². The van der Waals surface area contributed by atoms with E-state index in [1.807, 2.05) is 0 Å². The molecule has 0 aromatic carbocycles. The number of phosphoric ester groups is 1. The van der Waals surface area contributed by atoms with Crippen LogP contribution >= 0.6 is 19.4 Å². The summed E-state index contributed by atoms with van der Waals surface area (Å²) in [6.45, 7) is -0.219. The number of halogens is 1. The number of hydrogen-bond donors (Lipinski definition) is 3. The van der Waals surface area contributed by atoms with Crippen LogP contribution < -0.4 is 5.32 Å². The second-order valence-electron chi connectivity index (χ2n) is 1.81. The lowest BCUT2D eigenvalue weighted by Gasteiger charge is -2.05. The lowest BCUT2D eigenvalue weighted by Crippen LogP contribution is -2.27. The summed E-state index contributed by atoms with van der Waals surface area (Å²) in [5.41, 5.74) is 0. The van der Waals surface area contributed by atoms with Gasteiger partial charge in [0.05, 0.1) is 6.61 Å². The number of carbonyl (C=O) groups excluding carboxylic acids is 1. The average Bonchev–Trinajstić information content (AvgIpc) is 1.96. The second kappa shape index (κ2) is 5.50. The molecule has 0 unspecified atom stereocenters. The van der Waals surface area contributed by atoms with Crippen LogP contribution in [0.4, 0.5) is 0 Å². The van der Waals surface area contributed by atoms with E-state index in [1.54, 1.807) is 0 Å². The molecule has 0 aromatic heterocycles. The Hall–Kier alpha value is -0.130. The van der Waals surface area contributed by atoms with Crippen LogP contribution in [0.5, 0.6) is 0 Å². The molecule has 0 atom stereocenters. The van der Waals surface area contributed by atoms with Crippen molar-refractivity contribution >= 4 is 25.3 Å².